The molecular formula is C13H22N4O2. The number of hydrogen-bond donors (Lipinski definition) is 1. The summed E-state index contributed by atoms with van der Waals surface area (Å²) >= 11 is 0. The molecule has 106 valence electrons. The van der Waals surface area contributed by atoms with E-state index in [9.17, 15) is 4.79 Å². The normalized spacial score (nSPS) is 23.4. The number of carbonyl (C=O) groups excluding carboxylic acids is 1. The Kier molecular flexibility index (Phi) is 4.39. The van der Waals surface area contributed by atoms with E-state index in [1.807, 2.05) is 4.90 Å². The summed E-state index contributed by atoms with van der Waals surface area (Å²) in [6.07, 6.45) is 2.74. The summed E-state index contributed by atoms with van der Waals surface area (Å²) in [5, 5.41) is 6.63. The number of hydrogen-bond acceptors (Lipinski definition) is 4. The SMILES string of the molecule is Cc1noc(CCNC(=O)N2CC[C@H](C)C[C@H]2C)n1. The van der Waals surface area contributed by atoms with Crippen LogP contribution in [0.25, 0.3) is 0 Å². The molecule has 1 aliphatic rings. The Morgan fingerprint density at radius 1 is 1.53 bits per heavy atom. The third kappa shape index (κ3) is 3.68. The van der Waals surface area contributed by atoms with Gasteiger partial charge in [0.05, 0.1) is 0 Å². The molecule has 19 heavy (non-hydrogen) atoms. The van der Waals surface area contributed by atoms with Crippen molar-refractivity contribution in [2.45, 2.75) is 46.1 Å². The van der Waals surface area contributed by atoms with Crippen LogP contribution < -0.4 is 5.32 Å². The monoisotopic (exact) mass is 266 g/mol. The smallest absolute Gasteiger partial charge is 0.317 e. The molecule has 2 heterocycles. The minimum atomic E-state index is 0.00985. The summed E-state index contributed by atoms with van der Waals surface area (Å²) in [5.74, 6) is 1.90. The molecule has 6 heteroatoms. The van der Waals surface area contributed by atoms with Gasteiger partial charge in [0.25, 0.3) is 0 Å². The van der Waals surface area contributed by atoms with Crippen LogP contribution in [0, 0.1) is 12.8 Å². The number of rotatable bonds is 3. The lowest BCUT2D eigenvalue weighted by Crippen LogP contribution is -2.49. The van der Waals surface area contributed by atoms with Crippen molar-refractivity contribution in [3.63, 3.8) is 0 Å². The van der Waals surface area contributed by atoms with Crippen LogP contribution in [0.1, 0.15) is 38.4 Å². The third-order valence-electron chi connectivity index (χ3n) is 3.58. The highest BCUT2D eigenvalue weighted by Crippen LogP contribution is 2.21. The van der Waals surface area contributed by atoms with Gasteiger partial charge in [0.1, 0.15) is 0 Å². The molecule has 0 spiro atoms. The van der Waals surface area contributed by atoms with Crippen molar-refractivity contribution < 1.29 is 9.32 Å². The highest BCUT2D eigenvalue weighted by atomic mass is 16.5. The van der Waals surface area contributed by atoms with Gasteiger partial charge < -0.3 is 14.7 Å². The van der Waals surface area contributed by atoms with E-state index >= 15 is 0 Å². The fourth-order valence-corrected chi connectivity index (χ4v) is 2.53. The number of nitrogens with zero attached hydrogens (tertiary/aromatic N) is 3. The van der Waals surface area contributed by atoms with Crippen LogP contribution in [-0.4, -0.2) is 40.2 Å². The lowest BCUT2D eigenvalue weighted by Gasteiger charge is -2.36. The minimum Gasteiger partial charge on any atom is -0.339 e. The van der Waals surface area contributed by atoms with E-state index in [2.05, 4.69) is 29.3 Å². The average Bonchev–Trinajstić information content (AvgIpc) is 2.75. The Morgan fingerprint density at radius 3 is 2.95 bits per heavy atom. The molecule has 1 fully saturated rings. The van der Waals surface area contributed by atoms with Crippen LogP contribution in [0.5, 0.6) is 0 Å². The highest BCUT2D eigenvalue weighted by molar-refractivity contribution is 5.74. The minimum absolute atomic E-state index is 0.00985. The first-order valence-corrected chi connectivity index (χ1v) is 6.90. The number of amides is 2. The summed E-state index contributed by atoms with van der Waals surface area (Å²) in [4.78, 5) is 18.1. The van der Waals surface area contributed by atoms with E-state index in [1.165, 1.54) is 0 Å². The highest BCUT2D eigenvalue weighted by Gasteiger charge is 2.26. The number of likely N-dealkylation sites (tertiary alicyclic amines) is 1. The van der Waals surface area contributed by atoms with Crippen molar-refractivity contribution in [1.82, 2.24) is 20.4 Å². The molecule has 1 aromatic rings. The van der Waals surface area contributed by atoms with Crippen molar-refractivity contribution in [2.24, 2.45) is 5.92 Å². The molecule has 1 aromatic heterocycles. The maximum atomic E-state index is 12.1. The van der Waals surface area contributed by atoms with E-state index in [0.29, 0.717) is 36.6 Å². The van der Waals surface area contributed by atoms with Crippen LogP contribution >= 0.6 is 0 Å². The molecule has 1 saturated heterocycles. The maximum Gasteiger partial charge on any atom is 0.317 e. The fourth-order valence-electron chi connectivity index (χ4n) is 2.53. The average molecular weight is 266 g/mol. The second kappa shape index (κ2) is 6.04. The molecule has 0 radical (unpaired) electrons. The summed E-state index contributed by atoms with van der Waals surface area (Å²) in [7, 11) is 0. The summed E-state index contributed by atoms with van der Waals surface area (Å²) in [5.41, 5.74) is 0. The van der Waals surface area contributed by atoms with E-state index in [-0.39, 0.29) is 6.03 Å². The molecule has 6 nitrogen and oxygen atoms in total. The lowest BCUT2D eigenvalue weighted by atomic mass is 9.94. The number of urea groups is 1. The van der Waals surface area contributed by atoms with Crippen molar-refractivity contribution in [2.75, 3.05) is 13.1 Å². The largest absolute Gasteiger partial charge is 0.339 e. The standard InChI is InChI=1S/C13H22N4O2/c1-9-5-7-17(10(2)8-9)13(18)14-6-4-12-15-11(3)16-19-12/h9-10H,4-8H2,1-3H3,(H,14,18)/t9-,10+/m0/s1. The van der Waals surface area contributed by atoms with Gasteiger partial charge in [-0.05, 0) is 32.6 Å². The van der Waals surface area contributed by atoms with Gasteiger partial charge in [-0.2, -0.15) is 4.98 Å². The summed E-state index contributed by atoms with van der Waals surface area (Å²) in [6.45, 7) is 7.50. The van der Waals surface area contributed by atoms with Gasteiger partial charge in [0.15, 0.2) is 5.82 Å². The first-order valence-electron chi connectivity index (χ1n) is 6.90. The molecule has 0 aliphatic carbocycles. The van der Waals surface area contributed by atoms with Gasteiger partial charge in [0, 0.05) is 25.6 Å². The second-order valence-electron chi connectivity index (χ2n) is 5.39. The van der Waals surface area contributed by atoms with E-state index in [4.69, 9.17) is 4.52 Å². The molecule has 2 rings (SSSR count). The Hall–Kier alpha value is -1.59. The van der Waals surface area contributed by atoms with Gasteiger partial charge in [-0.25, -0.2) is 4.79 Å². The lowest BCUT2D eigenvalue weighted by molar-refractivity contribution is 0.139. The summed E-state index contributed by atoms with van der Waals surface area (Å²) in [6, 6.07) is 0.324. The molecule has 0 saturated carbocycles. The van der Waals surface area contributed by atoms with Crippen LogP contribution in [0.15, 0.2) is 4.52 Å². The summed E-state index contributed by atoms with van der Waals surface area (Å²) < 4.78 is 5.00. The Bertz CT molecular complexity index is 432. The zero-order valence-electron chi connectivity index (χ0n) is 11.8. The van der Waals surface area contributed by atoms with E-state index in [0.717, 1.165) is 19.4 Å². The molecule has 0 aromatic carbocycles. The van der Waals surface area contributed by atoms with E-state index < -0.39 is 0 Å². The topological polar surface area (TPSA) is 71.3 Å². The quantitative estimate of drug-likeness (QED) is 0.904. The first-order chi connectivity index (χ1) is 9.06. The van der Waals surface area contributed by atoms with Crippen LogP contribution in [0.4, 0.5) is 4.79 Å². The second-order valence-corrected chi connectivity index (χ2v) is 5.39. The number of carbonyl (C=O) groups is 1. The number of piperidine rings is 1. The molecule has 2 atom stereocenters. The van der Waals surface area contributed by atoms with Crippen molar-refractivity contribution in [1.29, 1.82) is 0 Å². The van der Waals surface area contributed by atoms with Crippen molar-refractivity contribution in [3.8, 4) is 0 Å². The van der Waals surface area contributed by atoms with Crippen LogP contribution in [-0.2, 0) is 6.42 Å². The fraction of sp³-hybridized carbons (Fsp3) is 0.769. The zero-order valence-corrected chi connectivity index (χ0v) is 11.8. The van der Waals surface area contributed by atoms with Crippen LogP contribution in [0.2, 0.25) is 0 Å². The number of aromatic nitrogens is 2. The van der Waals surface area contributed by atoms with Gasteiger partial charge in [-0.1, -0.05) is 12.1 Å². The maximum absolute atomic E-state index is 12.1. The van der Waals surface area contributed by atoms with Crippen LogP contribution in [0.3, 0.4) is 0 Å². The molecule has 2 amide bonds. The molecule has 1 N–H and O–H groups in total. The Labute approximate surface area is 113 Å². The van der Waals surface area contributed by atoms with Crippen molar-refractivity contribution >= 4 is 6.03 Å². The van der Waals surface area contributed by atoms with Gasteiger partial charge in [-0.15, -0.1) is 0 Å². The molecule has 0 bridgehead atoms. The molecule has 0 unspecified atom stereocenters. The third-order valence-corrected chi connectivity index (χ3v) is 3.58. The number of nitrogens with one attached hydrogen (secondary N) is 1. The van der Waals surface area contributed by atoms with Crippen molar-refractivity contribution in [3.05, 3.63) is 11.7 Å². The molecular weight excluding hydrogens is 244 g/mol. The van der Waals surface area contributed by atoms with Gasteiger partial charge in [-0.3, -0.25) is 0 Å². The predicted molar refractivity (Wildman–Crippen MR) is 70.7 cm³/mol. The Balaban J connectivity index is 1.75. The molecule has 1 aliphatic heterocycles. The first kappa shape index (κ1) is 13.8. The predicted octanol–water partition coefficient (Wildman–Crippen LogP) is 1.75. The van der Waals surface area contributed by atoms with Gasteiger partial charge >= 0.3 is 6.03 Å². The Morgan fingerprint density at radius 2 is 2.32 bits per heavy atom. The zero-order chi connectivity index (χ0) is 13.8. The van der Waals surface area contributed by atoms with Gasteiger partial charge in [0.2, 0.25) is 5.89 Å². The number of aryl methyl sites for hydroxylation is 1. The van der Waals surface area contributed by atoms with E-state index in [1.54, 1.807) is 6.92 Å².